The molecule has 0 radical (unpaired) electrons. The molecule has 1 atom stereocenters. The van der Waals surface area contributed by atoms with Gasteiger partial charge in [-0.15, -0.1) is 0 Å². The number of ketones is 1. The monoisotopic (exact) mass is 242 g/mol. The first-order valence-corrected chi connectivity index (χ1v) is 5.59. The number of carbonyl (C=O) groups is 1. The van der Waals surface area contributed by atoms with Gasteiger partial charge >= 0.3 is 0 Å². The molecule has 4 heteroatoms. The Morgan fingerprint density at radius 3 is 3.00 bits per heavy atom. The minimum atomic E-state index is -0.361. The van der Waals surface area contributed by atoms with Gasteiger partial charge in [-0.05, 0) is 24.1 Å². The van der Waals surface area contributed by atoms with Gasteiger partial charge in [-0.2, -0.15) is 0 Å². The van der Waals surface area contributed by atoms with Crippen molar-refractivity contribution in [3.05, 3.63) is 34.6 Å². The number of benzene rings is 1. The quantitative estimate of drug-likeness (QED) is 0.797. The molecular formula is C12H12ClFO2. The highest BCUT2D eigenvalue weighted by Gasteiger charge is 2.23. The van der Waals surface area contributed by atoms with E-state index >= 15 is 0 Å². The summed E-state index contributed by atoms with van der Waals surface area (Å²) in [4.78, 5) is 11.6. The average Bonchev–Trinajstić information content (AvgIpc) is 2.25. The number of hydrogen-bond donors (Lipinski definition) is 0. The normalized spacial score (nSPS) is 21.1. The molecule has 0 aliphatic carbocycles. The molecule has 0 spiro atoms. The topological polar surface area (TPSA) is 26.3 Å². The maximum atomic E-state index is 12.8. The third kappa shape index (κ3) is 2.60. The number of hydrogen-bond acceptors (Lipinski definition) is 2. The standard InChI is InChI=1S/C12H12ClFO2/c13-11-6-10(14)2-1-8(11)5-9-7-16-4-3-12(9)15/h1-2,6,9H,3-5,7H2. The van der Waals surface area contributed by atoms with Crippen molar-refractivity contribution in [3.8, 4) is 0 Å². The average molecular weight is 243 g/mol. The maximum absolute atomic E-state index is 12.8. The zero-order chi connectivity index (χ0) is 11.5. The largest absolute Gasteiger partial charge is 0.380 e. The van der Waals surface area contributed by atoms with Gasteiger partial charge in [0.2, 0.25) is 0 Å². The van der Waals surface area contributed by atoms with Crippen molar-refractivity contribution in [2.24, 2.45) is 5.92 Å². The molecule has 0 amide bonds. The van der Waals surface area contributed by atoms with Gasteiger partial charge in [0.25, 0.3) is 0 Å². The number of carbonyl (C=O) groups excluding carboxylic acids is 1. The van der Waals surface area contributed by atoms with Crippen molar-refractivity contribution < 1.29 is 13.9 Å². The molecule has 1 heterocycles. The van der Waals surface area contributed by atoms with Gasteiger partial charge in [-0.25, -0.2) is 4.39 Å². The number of Topliss-reactive ketones (excluding diaryl/α,β-unsaturated/α-hetero) is 1. The van der Waals surface area contributed by atoms with Crippen LogP contribution >= 0.6 is 11.6 Å². The second-order valence-electron chi connectivity index (χ2n) is 3.93. The van der Waals surface area contributed by atoms with E-state index in [9.17, 15) is 9.18 Å². The molecule has 2 nitrogen and oxygen atoms in total. The van der Waals surface area contributed by atoms with Crippen molar-refractivity contribution >= 4 is 17.4 Å². The lowest BCUT2D eigenvalue weighted by Gasteiger charge is -2.21. The van der Waals surface area contributed by atoms with Crippen LogP contribution in [0.2, 0.25) is 5.02 Å². The third-order valence-corrected chi connectivity index (χ3v) is 3.10. The van der Waals surface area contributed by atoms with E-state index in [4.69, 9.17) is 16.3 Å². The van der Waals surface area contributed by atoms with Crippen LogP contribution in [0.15, 0.2) is 18.2 Å². The van der Waals surface area contributed by atoms with Crippen LogP contribution in [0.1, 0.15) is 12.0 Å². The second kappa shape index (κ2) is 4.93. The fourth-order valence-corrected chi connectivity index (χ4v) is 2.07. The lowest BCUT2D eigenvalue weighted by molar-refractivity contribution is -0.130. The molecule has 1 aromatic carbocycles. The lowest BCUT2D eigenvalue weighted by Crippen LogP contribution is -2.29. The van der Waals surface area contributed by atoms with E-state index in [2.05, 4.69) is 0 Å². The number of rotatable bonds is 2. The Hall–Kier alpha value is -0.930. The summed E-state index contributed by atoms with van der Waals surface area (Å²) in [5, 5.41) is 0.373. The Balaban J connectivity index is 2.10. The first-order chi connectivity index (χ1) is 7.66. The highest BCUT2D eigenvalue weighted by atomic mass is 35.5. The van der Waals surface area contributed by atoms with E-state index in [1.54, 1.807) is 6.07 Å². The summed E-state index contributed by atoms with van der Waals surface area (Å²) in [6, 6.07) is 4.25. The van der Waals surface area contributed by atoms with Crippen molar-refractivity contribution in [2.45, 2.75) is 12.8 Å². The molecule has 1 aliphatic rings. The Morgan fingerprint density at radius 1 is 1.50 bits per heavy atom. The van der Waals surface area contributed by atoms with Crippen molar-refractivity contribution in [2.75, 3.05) is 13.2 Å². The molecule has 2 rings (SSSR count). The van der Waals surface area contributed by atoms with E-state index in [-0.39, 0.29) is 17.5 Å². The van der Waals surface area contributed by atoms with Gasteiger partial charge in [0.05, 0.1) is 13.2 Å². The molecular weight excluding hydrogens is 231 g/mol. The highest BCUT2D eigenvalue weighted by molar-refractivity contribution is 6.31. The molecule has 1 fully saturated rings. The molecule has 1 saturated heterocycles. The van der Waals surface area contributed by atoms with Crippen molar-refractivity contribution in [1.29, 1.82) is 0 Å². The highest BCUT2D eigenvalue weighted by Crippen LogP contribution is 2.23. The Bertz CT molecular complexity index is 406. The van der Waals surface area contributed by atoms with E-state index in [0.717, 1.165) is 5.56 Å². The van der Waals surface area contributed by atoms with Crippen LogP contribution in [0.25, 0.3) is 0 Å². The smallest absolute Gasteiger partial charge is 0.140 e. The Morgan fingerprint density at radius 2 is 2.31 bits per heavy atom. The van der Waals surface area contributed by atoms with E-state index < -0.39 is 0 Å². The van der Waals surface area contributed by atoms with Gasteiger partial charge in [0, 0.05) is 17.4 Å². The molecule has 0 saturated carbocycles. The number of ether oxygens (including phenoxy) is 1. The summed E-state index contributed by atoms with van der Waals surface area (Å²) in [6.45, 7) is 0.943. The van der Waals surface area contributed by atoms with E-state index in [0.29, 0.717) is 31.1 Å². The van der Waals surface area contributed by atoms with Gasteiger partial charge < -0.3 is 4.74 Å². The Kier molecular flexibility index (Phi) is 3.56. The molecule has 0 aromatic heterocycles. The SMILES string of the molecule is O=C1CCOCC1Cc1ccc(F)cc1Cl. The van der Waals surface area contributed by atoms with Crippen molar-refractivity contribution in [3.63, 3.8) is 0 Å². The fourth-order valence-electron chi connectivity index (χ4n) is 1.82. The first kappa shape index (κ1) is 11.6. The predicted molar refractivity (Wildman–Crippen MR) is 59.0 cm³/mol. The van der Waals surface area contributed by atoms with Crippen LogP contribution in [-0.2, 0) is 16.0 Å². The summed E-state index contributed by atoms with van der Waals surface area (Å²) in [5.74, 6) is -0.302. The molecule has 1 unspecified atom stereocenters. The third-order valence-electron chi connectivity index (χ3n) is 2.75. The van der Waals surface area contributed by atoms with Gasteiger partial charge in [-0.1, -0.05) is 17.7 Å². The zero-order valence-corrected chi connectivity index (χ0v) is 9.47. The lowest BCUT2D eigenvalue weighted by atomic mass is 9.93. The second-order valence-corrected chi connectivity index (χ2v) is 4.34. The first-order valence-electron chi connectivity index (χ1n) is 5.21. The summed E-state index contributed by atoms with van der Waals surface area (Å²) in [7, 11) is 0. The van der Waals surface area contributed by atoms with E-state index in [1.165, 1.54) is 12.1 Å². The maximum Gasteiger partial charge on any atom is 0.140 e. The van der Waals surface area contributed by atoms with Crippen LogP contribution in [-0.4, -0.2) is 19.0 Å². The van der Waals surface area contributed by atoms with E-state index in [1.807, 2.05) is 0 Å². The van der Waals surface area contributed by atoms with Crippen LogP contribution in [0.4, 0.5) is 4.39 Å². The van der Waals surface area contributed by atoms with Crippen LogP contribution in [0, 0.1) is 11.7 Å². The van der Waals surface area contributed by atoms with Gasteiger partial charge in [-0.3, -0.25) is 4.79 Å². The van der Waals surface area contributed by atoms with Crippen molar-refractivity contribution in [1.82, 2.24) is 0 Å². The van der Waals surface area contributed by atoms with Crippen LogP contribution in [0.3, 0.4) is 0 Å². The molecule has 1 aromatic rings. The van der Waals surface area contributed by atoms with Crippen LogP contribution in [0.5, 0.6) is 0 Å². The minimum absolute atomic E-state index is 0.142. The molecule has 1 aliphatic heterocycles. The zero-order valence-electron chi connectivity index (χ0n) is 8.71. The molecule has 86 valence electrons. The molecule has 0 bridgehead atoms. The summed E-state index contributed by atoms with van der Waals surface area (Å²) >= 11 is 5.90. The fraction of sp³-hybridized carbons (Fsp3) is 0.417. The van der Waals surface area contributed by atoms with Gasteiger partial charge in [0.15, 0.2) is 0 Å². The Labute approximate surface area is 98.4 Å². The minimum Gasteiger partial charge on any atom is -0.380 e. The molecule has 16 heavy (non-hydrogen) atoms. The molecule has 0 N–H and O–H groups in total. The summed E-state index contributed by atoms with van der Waals surface area (Å²) < 4.78 is 18.1. The van der Waals surface area contributed by atoms with Gasteiger partial charge in [0.1, 0.15) is 11.6 Å². The van der Waals surface area contributed by atoms with Crippen LogP contribution < -0.4 is 0 Å². The number of halogens is 2. The summed E-state index contributed by atoms with van der Waals surface area (Å²) in [6.07, 6.45) is 0.988. The summed E-state index contributed by atoms with van der Waals surface area (Å²) in [5.41, 5.74) is 0.798. The predicted octanol–water partition coefficient (Wildman–Crippen LogP) is 2.63.